The van der Waals surface area contributed by atoms with Gasteiger partial charge in [-0.1, -0.05) is 43.2 Å². The fraction of sp³-hybridized carbons (Fsp3) is 0.591. The third kappa shape index (κ3) is 10.1. The lowest BCUT2D eigenvalue weighted by Crippen LogP contribution is -2.57. The van der Waals surface area contributed by atoms with E-state index in [9.17, 15) is 4.79 Å². The Bertz CT molecular complexity index is 761. The van der Waals surface area contributed by atoms with Gasteiger partial charge in [0.25, 0.3) is 0 Å². The predicted molar refractivity (Wildman–Crippen MR) is 138 cm³/mol. The van der Waals surface area contributed by atoms with Crippen LogP contribution in [-0.4, -0.2) is 61.0 Å². The van der Waals surface area contributed by atoms with Gasteiger partial charge in [-0.2, -0.15) is 0 Å². The molecule has 3 rings (SSSR count). The average molecular weight is 527 g/mol. The standard InChI is InChI=1S/C22H38O7Si4/c1-30-26-32(3,17-9-8-13-21-19-25-21)27-31(2)29-33(4,28-30)18-10-16-24-22(23)15-14-20-11-6-5-7-12-20/h5-7,11-12,14-15,21,30-31H,8-10,13,16-19H2,1-4H3. The first-order valence-electron chi connectivity index (χ1n) is 12.0. The van der Waals surface area contributed by atoms with Crippen molar-refractivity contribution in [1.29, 1.82) is 0 Å². The Morgan fingerprint density at radius 2 is 1.58 bits per heavy atom. The number of benzene rings is 1. The van der Waals surface area contributed by atoms with Gasteiger partial charge in [-0.05, 0) is 62.8 Å². The summed E-state index contributed by atoms with van der Waals surface area (Å²) in [4.78, 5) is 12.0. The van der Waals surface area contributed by atoms with Gasteiger partial charge in [0, 0.05) is 6.08 Å². The SMILES string of the molecule is C[SiH]1O[Si](C)(CCCCC2CO2)O[SiH](C)O[Si](C)(CCCOC(=O)C=Cc2ccccc2)O1. The Morgan fingerprint density at radius 1 is 1.00 bits per heavy atom. The molecule has 1 aromatic rings. The summed E-state index contributed by atoms with van der Waals surface area (Å²) in [5.41, 5.74) is 0.969. The highest BCUT2D eigenvalue weighted by molar-refractivity contribution is 6.85. The molecule has 0 saturated carbocycles. The van der Waals surface area contributed by atoms with Crippen LogP contribution in [0.5, 0.6) is 0 Å². The summed E-state index contributed by atoms with van der Waals surface area (Å²) in [7, 11) is -8.44. The molecule has 2 aliphatic heterocycles. The van der Waals surface area contributed by atoms with E-state index in [1.807, 2.05) is 30.3 Å². The van der Waals surface area contributed by atoms with E-state index in [1.54, 1.807) is 6.08 Å². The first-order valence-corrected chi connectivity index (χ1v) is 21.2. The number of rotatable bonds is 11. The van der Waals surface area contributed by atoms with E-state index in [0.29, 0.717) is 19.1 Å². The first-order chi connectivity index (χ1) is 15.8. The molecule has 184 valence electrons. The molecule has 3 unspecified atom stereocenters. The smallest absolute Gasteiger partial charge is 0.330 e. The maximum atomic E-state index is 12.0. The van der Waals surface area contributed by atoms with Gasteiger partial charge < -0.3 is 25.9 Å². The van der Waals surface area contributed by atoms with E-state index >= 15 is 0 Å². The van der Waals surface area contributed by atoms with Crippen molar-refractivity contribution in [3.63, 3.8) is 0 Å². The van der Waals surface area contributed by atoms with E-state index in [0.717, 1.165) is 43.5 Å². The molecule has 1 aromatic carbocycles. The Morgan fingerprint density at radius 3 is 2.15 bits per heavy atom. The summed E-state index contributed by atoms with van der Waals surface area (Å²) in [5.74, 6) is -0.336. The molecule has 0 N–H and O–H groups in total. The van der Waals surface area contributed by atoms with Crippen LogP contribution in [0.15, 0.2) is 36.4 Å². The molecular formula is C22H38O7Si4. The molecule has 33 heavy (non-hydrogen) atoms. The molecular weight excluding hydrogens is 489 g/mol. The van der Waals surface area contributed by atoms with Crippen LogP contribution in [0.25, 0.3) is 6.08 Å². The molecule has 0 spiro atoms. The van der Waals surface area contributed by atoms with Crippen molar-refractivity contribution in [3.8, 4) is 0 Å². The molecule has 0 aliphatic carbocycles. The second kappa shape index (κ2) is 12.7. The number of epoxide rings is 1. The Kier molecular flexibility index (Phi) is 10.3. The number of carbonyl (C=O) groups is 1. The van der Waals surface area contributed by atoms with Crippen LogP contribution in [0.1, 0.15) is 31.2 Å². The fourth-order valence-corrected chi connectivity index (χ4v) is 21.6. The summed E-state index contributed by atoms with van der Waals surface area (Å²) < 4.78 is 36.5. The molecule has 3 atom stereocenters. The van der Waals surface area contributed by atoms with E-state index < -0.39 is 35.7 Å². The number of hydrogen-bond acceptors (Lipinski definition) is 7. The van der Waals surface area contributed by atoms with Crippen LogP contribution >= 0.6 is 0 Å². The lowest BCUT2D eigenvalue weighted by molar-refractivity contribution is -0.137. The van der Waals surface area contributed by atoms with Crippen molar-refractivity contribution < 1.29 is 30.7 Å². The van der Waals surface area contributed by atoms with Crippen molar-refractivity contribution in [2.24, 2.45) is 0 Å². The van der Waals surface area contributed by atoms with Crippen LogP contribution in [-0.2, 0) is 30.7 Å². The van der Waals surface area contributed by atoms with Gasteiger partial charge in [0.15, 0.2) is 0 Å². The van der Waals surface area contributed by atoms with Gasteiger partial charge in [-0.15, -0.1) is 0 Å². The van der Waals surface area contributed by atoms with Gasteiger partial charge in [0.05, 0.1) is 19.3 Å². The normalized spacial score (nSPS) is 32.3. The number of unbranched alkanes of at least 4 members (excludes halogenated alkanes) is 1. The minimum atomic E-state index is -2.43. The molecule has 2 heterocycles. The van der Waals surface area contributed by atoms with Gasteiger partial charge in [0.2, 0.25) is 0 Å². The first kappa shape index (κ1) is 26.7. The molecule has 0 aromatic heterocycles. The maximum Gasteiger partial charge on any atom is 0.330 e. The minimum absolute atomic E-state index is 0.336. The van der Waals surface area contributed by atoms with Gasteiger partial charge in [-0.3, -0.25) is 0 Å². The average Bonchev–Trinajstić information content (AvgIpc) is 3.57. The van der Waals surface area contributed by atoms with Crippen LogP contribution in [0.3, 0.4) is 0 Å². The lowest BCUT2D eigenvalue weighted by Gasteiger charge is -2.41. The lowest BCUT2D eigenvalue weighted by atomic mass is 10.2. The van der Waals surface area contributed by atoms with Crippen molar-refractivity contribution >= 4 is 47.7 Å². The van der Waals surface area contributed by atoms with Crippen LogP contribution in [0, 0.1) is 0 Å². The highest BCUT2D eigenvalue weighted by Crippen LogP contribution is 2.28. The zero-order valence-corrected chi connectivity index (χ0v) is 24.6. The number of esters is 1. The van der Waals surface area contributed by atoms with Gasteiger partial charge >= 0.3 is 41.7 Å². The summed E-state index contributed by atoms with van der Waals surface area (Å²) in [5, 5.41) is 0. The molecule has 0 radical (unpaired) electrons. The number of carbonyl (C=O) groups excluding carboxylic acids is 1. The van der Waals surface area contributed by atoms with Crippen molar-refractivity contribution in [3.05, 3.63) is 42.0 Å². The van der Waals surface area contributed by atoms with Gasteiger partial charge in [-0.25, -0.2) is 4.79 Å². The molecule has 7 nitrogen and oxygen atoms in total. The molecule has 11 heteroatoms. The van der Waals surface area contributed by atoms with E-state index in [1.165, 1.54) is 6.08 Å². The summed E-state index contributed by atoms with van der Waals surface area (Å²) in [6.07, 6.45) is 7.80. The topological polar surface area (TPSA) is 75.8 Å². The summed E-state index contributed by atoms with van der Waals surface area (Å²) in [6, 6.07) is 11.4. The second-order valence-corrected chi connectivity index (χ2v) is 20.7. The predicted octanol–water partition coefficient (Wildman–Crippen LogP) is 4.13. The van der Waals surface area contributed by atoms with Crippen LogP contribution in [0.2, 0.25) is 38.3 Å². The van der Waals surface area contributed by atoms with Gasteiger partial charge in [0.1, 0.15) is 0 Å². The van der Waals surface area contributed by atoms with E-state index in [-0.39, 0.29) is 5.97 Å². The number of ether oxygens (including phenoxy) is 2. The fourth-order valence-electron chi connectivity index (χ4n) is 4.14. The number of hydrogen-bond donors (Lipinski definition) is 0. The second-order valence-electron chi connectivity index (χ2n) is 9.09. The maximum absolute atomic E-state index is 12.0. The third-order valence-electron chi connectivity index (χ3n) is 5.70. The Balaban J connectivity index is 1.40. The molecule has 0 amide bonds. The zero-order valence-electron chi connectivity index (χ0n) is 20.3. The third-order valence-corrected chi connectivity index (χ3v) is 21.5. The largest absolute Gasteiger partial charge is 0.463 e. The molecule has 2 aliphatic rings. The Labute approximate surface area is 203 Å². The minimum Gasteiger partial charge on any atom is -0.463 e. The highest BCUT2D eigenvalue weighted by atomic mass is 28.5. The van der Waals surface area contributed by atoms with E-state index in [4.69, 9.17) is 25.9 Å². The monoisotopic (exact) mass is 526 g/mol. The highest BCUT2D eigenvalue weighted by Gasteiger charge is 2.44. The van der Waals surface area contributed by atoms with Crippen LogP contribution in [0.4, 0.5) is 0 Å². The summed E-state index contributed by atoms with van der Waals surface area (Å²) in [6.45, 7) is 9.67. The molecule has 2 fully saturated rings. The van der Waals surface area contributed by atoms with Crippen molar-refractivity contribution in [2.45, 2.75) is 70.1 Å². The molecule has 2 saturated heterocycles. The quantitative estimate of drug-likeness (QED) is 0.141. The zero-order chi connectivity index (χ0) is 23.7. The Hall–Kier alpha value is -0.902. The van der Waals surface area contributed by atoms with Crippen molar-refractivity contribution in [2.75, 3.05) is 13.2 Å². The van der Waals surface area contributed by atoms with Crippen molar-refractivity contribution in [1.82, 2.24) is 0 Å². The molecule has 0 bridgehead atoms. The van der Waals surface area contributed by atoms with E-state index in [2.05, 4.69) is 26.2 Å². The van der Waals surface area contributed by atoms with Crippen LogP contribution < -0.4 is 0 Å². The summed E-state index contributed by atoms with van der Waals surface area (Å²) >= 11 is 0.